The third-order valence-corrected chi connectivity index (χ3v) is 5.13. The van der Waals surface area contributed by atoms with Crippen LogP contribution in [-0.2, 0) is 14.3 Å². The maximum absolute atomic E-state index is 13.2. The van der Waals surface area contributed by atoms with E-state index < -0.39 is 0 Å². The van der Waals surface area contributed by atoms with Crippen LogP contribution in [0.2, 0.25) is 0 Å². The van der Waals surface area contributed by atoms with Crippen molar-refractivity contribution in [3.8, 4) is 5.69 Å². The first-order valence-electron chi connectivity index (χ1n) is 9.09. The van der Waals surface area contributed by atoms with E-state index in [9.17, 15) is 9.18 Å². The van der Waals surface area contributed by atoms with Crippen LogP contribution in [0.15, 0.2) is 30.3 Å². The number of amides is 1. The average molecular weight is 374 g/mol. The van der Waals surface area contributed by atoms with Gasteiger partial charge in [-0.15, -0.1) is 0 Å². The summed E-state index contributed by atoms with van der Waals surface area (Å²) in [5, 5.41) is 7.35. The number of anilines is 1. The summed E-state index contributed by atoms with van der Waals surface area (Å²) >= 11 is 0. The van der Waals surface area contributed by atoms with Crippen molar-refractivity contribution in [1.29, 1.82) is 0 Å². The van der Waals surface area contributed by atoms with Crippen molar-refractivity contribution in [2.24, 2.45) is 0 Å². The Bertz CT molecular complexity index is 815. The maximum Gasteiger partial charge on any atom is 0.239 e. The minimum atomic E-state index is -0.315. The third kappa shape index (κ3) is 3.73. The molecular weight excluding hydrogens is 351 g/mol. The lowest BCUT2D eigenvalue weighted by atomic mass is 9.96. The highest BCUT2D eigenvalue weighted by molar-refractivity contribution is 5.91. The van der Waals surface area contributed by atoms with Gasteiger partial charge in [0.15, 0.2) is 0 Å². The number of rotatable bonds is 4. The first-order chi connectivity index (χ1) is 13.1. The number of halogens is 1. The number of aromatic nitrogens is 2. The Balaban J connectivity index is 1.49. The second-order valence-corrected chi connectivity index (χ2v) is 7.11. The van der Waals surface area contributed by atoms with E-state index in [4.69, 9.17) is 9.47 Å². The zero-order valence-corrected chi connectivity index (χ0v) is 15.3. The number of morpholine rings is 1. The molecule has 3 heterocycles. The highest BCUT2D eigenvalue weighted by Crippen LogP contribution is 2.29. The molecule has 1 aromatic carbocycles. The van der Waals surface area contributed by atoms with Crippen LogP contribution in [0.1, 0.15) is 12.1 Å². The highest BCUT2D eigenvalue weighted by atomic mass is 19.1. The number of carbonyl (C=O) groups excluding carboxylic acids is 1. The summed E-state index contributed by atoms with van der Waals surface area (Å²) in [6.45, 7) is 5.30. The van der Waals surface area contributed by atoms with Gasteiger partial charge in [0.1, 0.15) is 11.6 Å². The van der Waals surface area contributed by atoms with Crippen molar-refractivity contribution in [3.63, 3.8) is 0 Å². The number of ether oxygens (including phenoxy) is 2. The molecular formula is C19H23FN4O3. The molecule has 1 atom stereocenters. The molecule has 4 rings (SSSR count). The van der Waals surface area contributed by atoms with Crippen molar-refractivity contribution in [2.75, 3.05) is 44.8 Å². The number of benzene rings is 1. The van der Waals surface area contributed by atoms with Crippen LogP contribution < -0.4 is 5.32 Å². The number of carbonyl (C=O) groups is 1. The SMILES string of the molecule is Cc1cc(NC(=O)CN2CCOCC23CCOC3)n(-c2ccc(F)cc2)n1. The minimum absolute atomic E-state index is 0.119. The van der Waals surface area contributed by atoms with Gasteiger partial charge in [0, 0.05) is 19.2 Å². The molecule has 8 heteroatoms. The Morgan fingerprint density at radius 3 is 2.74 bits per heavy atom. The number of nitrogens with zero attached hydrogens (tertiary/aromatic N) is 3. The summed E-state index contributed by atoms with van der Waals surface area (Å²) in [6, 6.07) is 7.80. The van der Waals surface area contributed by atoms with Crippen LogP contribution in [0.25, 0.3) is 5.69 Å². The fourth-order valence-corrected chi connectivity index (χ4v) is 3.70. The average Bonchev–Trinajstić information content (AvgIpc) is 3.25. The van der Waals surface area contributed by atoms with Gasteiger partial charge >= 0.3 is 0 Å². The quantitative estimate of drug-likeness (QED) is 0.883. The van der Waals surface area contributed by atoms with E-state index in [1.165, 1.54) is 12.1 Å². The van der Waals surface area contributed by atoms with E-state index >= 15 is 0 Å². The predicted molar refractivity (Wildman–Crippen MR) is 97.4 cm³/mol. The molecule has 1 aromatic heterocycles. The van der Waals surface area contributed by atoms with Gasteiger partial charge < -0.3 is 14.8 Å². The summed E-state index contributed by atoms with van der Waals surface area (Å²) in [5.74, 6) is 0.130. The lowest BCUT2D eigenvalue weighted by molar-refractivity contribution is -0.124. The van der Waals surface area contributed by atoms with E-state index in [1.54, 1.807) is 22.9 Å². The Labute approximate surface area is 157 Å². The van der Waals surface area contributed by atoms with Gasteiger partial charge in [0.2, 0.25) is 5.91 Å². The lowest BCUT2D eigenvalue weighted by Gasteiger charge is -2.43. The number of nitrogens with one attached hydrogen (secondary N) is 1. The van der Waals surface area contributed by atoms with E-state index in [0.29, 0.717) is 44.5 Å². The topological polar surface area (TPSA) is 68.6 Å². The van der Waals surface area contributed by atoms with Crippen molar-refractivity contribution >= 4 is 11.7 Å². The molecule has 1 unspecified atom stereocenters. The molecule has 7 nitrogen and oxygen atoms in total. The second-order valence-electron chi connectivity index (χ2n) is 7.11. The Hall–Kier alpha value is -2.29. The number of aryl methyl sites for hydroxylation is 1. The standard InChI is InChI=1S/C19H23FN4O3/c1-14-10-17(24(22-14)16-4-2-15(20)3-5-16)21-18(25)11-23-7-9-27-13-19(23)6-8-26-12-19/h2-5,10H,6-9,11-13H2,1H3,(H,21,25). The van der Waals surface area contributed by atoms with Crippen LogP contribution in [0.3, 0.4) is 0 Å². The van der Waals surface area contributed by atoms with Crippen molar-refractivity contribution in [3.05, 3.63) is 41.8 Å². The van der Waals surface area contributed by atoms with Crippen LogP contribution in [0.5, 0.6) is 0 Å². The molecule has 0 bridgehead atoms. The van der Waals surface area contributed by atoms with Crippen molar-refractivity contribution in [2.45, 2.75) is 18.9 Å². The highest BCUT2D eigenvalue weighted by Gasteiger charge is 2.43. The molecule has 0 radical (unpaired) electrons. The van der Waals surface area contributed by atoms with E-state index in [2.05, 4.69) is 15.3 Å². The fraction of sp³-hybridized carbons (Fsp3) is 0.474. The molecule has 2 aromatic rings. The third-order valence-electron chi connectivity index (χ3n) is 5.13. The summed E-state index contributed by atoms with van der Waals surface area (Å²) in [6.07, 6.45) is 0.868. The maximum atomic E-state index is 13.2. The summed E-state index contributed by atoms with van der Waals surface area (Å²) in [7, 11) is 0. The first kappa shape index (κ1) is 18.1. The van der Waals surface area contributed by atoms with Gasteiger partial charge in [-0.1, -0.05) is 0 Å². The molecule has 1 amide bonds. The zero-order valence-electron chi connectivity index (χ0n) is 15.3. The lowest BCUT2D eigenvalue weighted by Crippen LogP contribution is -2.59. The van der Waals surface area contributed by atoms with Crippen LogP contribution in [0, 0.1) is 12.7 Å². The van der Waals surface area contributed by atoms with E-state index in [1.807, 2.05) is 6.92 Å². The molecule has 0 saturated carbocycles. The number of hydrogen-bond donors (Lipinski definition) is 1. The van der Waals surface area contributed by atoms with Gasteiger partial charge in [0.05, 0.1) is 43.3 Å². The Morgan fingerprint density at radius 1 is 1.26 bits per heavy atom. The Kier molecular flexibility index (Phi) is 4.94. The normalized spacial score (nSPS) is 23.0. The van der Waals surface area contributed by atoms with E-state index in [0.717, 1.165) is 12.1 Å². The molecule has 0 aliphatic carbocycles. The largest absolute Gasteiger partial charge is 0.379 e. The molecule has 1 spiro atoms. The van der Waals surface area contributed by atoms with Crippen LogP contribution in [-0.4, -0.2) is 65.6 Å². The molecule has 2 aliphatic heterocycles. The molecule has 2 fully saturated rings. The van der Waals surface area contributed by atoms with Crippen molar-refractivity contribution in [1.82, 2.24) is 14.7 Å². The van der Waals surface area contributed by atoms with Crippen molar-refractivity contribution < 1.29 is 18.7 Å². The molecule has 27 heavy (non-hydrogen) atoms. The van der Waals surface area contributed by atoms with E-state index in [-0.39, 0.29) is 23.8 Å². The fourth-order valence-electron chi connectivity index (χ4n) is 3.70. The predicted octanol–water partition coefficient (Wildman–Crippen LogP) is 1.75. The summed E-state index contributed by atoms with van der Waals surface area (Å²) < 4.78 is 26.0. The number of hydrogen-bond acceptors (Lipinski definition) is 5. The molecule has 2 aliphatic rings. The monoisotopic (exact) mass is 374 g/mol. The van der Waals surface area contributed by atoms with Gasteiger partial charge in [0.25, 0.3) is 0 Å². The minimum Gasteiger partial charge on any atom is -0.379 e. The molecule has 144 valence electrons. The van der Waals surface area contributed by atoms with Gasteiger partial charge in [-0.2, -0.15) is 5.10 Å². The van der Waals surface area contributed by atoms with Gasteiger partial charge in [-0.05, 0) is 37.6 Å². The summed E-state index contributed by atoms with van der Waals surface area (Å²) in [4.78, 5) is 14.9. The summed E-state index contributed by atoms with van der Waals surface area (Å²) in [5.41, 5.74) is 1.25. The Morgan fingerprint density at radius 2 is 2.00 bits per heavy atom. The van der Waals surface area contributed by atoms with Gasteiger partial charge in [-0.3, -0.25) is 9.69 Å². The smallest absolute Gasteiger partial charge is 0.239 e. The molecule has 2 saturated heterocycles. The molecule has 1 N–H and O–H groups in total. The van der Waals surface area contributed by atoms with Gasteiger partial charge in [-0.25, -0.2) is 9.07 Å². The second kappa shape index (κ2) is 7.38. The zero-order chi connectivity index (χ0) is 18.9. The first-order valence-corrected chi connectivity index (χ1v) is 9.09. The van der Waals surface area contributed by atoms with Crippen LogP contribution in [0.4, 0.5) is 10.2 Å². The van der Waals surface area contributed by atoms with Crippen LogP contribution >= 0.6 is 0 Å².